The highest BCUT2D eigenvalue weighted by Crippen LogP contribution is 2.32. The van der Waals surface area contributed by atoms with Crippen LogP contribution in [0.5, 0.6) is 0 Å². The molecule has 29 heavy (non-hydrogen) atoms. The Balaban J connectivity index is 2.48. The van der Waals surface area contributed by atoms with Gasteiger partial charge in [0, 0.05) is 0 Å². The van der Waals surface area contributed by atoms with Gasteiger partial charge in [-0.2, -0.15) is 13.2 Å². The lowest BCUT2D eigenvalue weighted by molar-refractivity contribution is -0.140. The molecule has 1 aromatic carbocycles. The maximum absolute atomic E-state index is 14.1. The highest BCUT2D eigenvalue weighted by Gasteiger charge is 2.36. The number of hydrogen-bond donors (Lipinski definition) is 0. The zero-order valence-electron chi connectivity index (χ0n) is 17.6. The van der Waals surface area contributed by atoms with E-state index in [1.807, 2.05) is 6.92 Å². The van der Waals surface area contributed by atoms with Gasteiger partial charge in [-0.3, -0.25) is 0 Å². The van der Waals surface area contributed by atoms with Crippen LogP contribution in [0.15, 0.2) is 18.2 Å². The summed E-state index contributed by atoms with van der Waals surface area (Å²) < 4.78 is 58.0. The molecule has 0 N–H and O–H groups in total. The maximum Gasteiger partial charge on any atom is 0.419 e. The lowest BCUT2D eigenvalue weighted by Gasteiger charge is -2.18. The molecule has 0 aliphatic rings. The van der Waals surface area contributed by atoms with Crippen LogP contribution in [0.4, 0.5) is 17.6 Å². The molecule has 0 radical (unpaired) electrons. The Morgan fingerprint density at radius 3 is 2.03 bits per heavy atom. The lowest BCUT2D eigenvalue weighted by atomic mass is 10.0. The van der Waals surface area contributed by atoms with Crippen LogP contribution >= 0.6 is 0 Å². The highest BCUT2D eigenvalue weighted by molar-refractivity contribution is 5.90. The third-order valence-corrected chi connectivity index (χ3v) is 5.04. The van der Waals surface area contributed by atoms with Crippen molar-refractivity contribution in [1.82, 2.24) is 0 Å². The Kier molecular flexibility index (Phi) is 11.9. The smallest absolute Gasteiger partial charge is 0.419 e. The van der Waals surface area contributed by atoms with Gasteiger partial charge in [-0.25, -0.2) is 9.18 Å². The van der Waals surface area contributed by atoms with Crippen molar-refractivity contribution < 1.29 is 27.1 Å². The van der Waals surface area contributed by atoms with Crippen molar-refractivity contribution in [3.05, 3.63) is 35.1 Å². The summed E-state index contributed by atoms with van der Waals surface area (Å²) in [7, 11) is 0. The quantitative estimate of drug-likeness (QED) is 0.173. The number of carbonyl (C=O) groups excluding carboxylic acids is 1. The molecule has 0 aliphatic carbocycles. The molecule has 0 saturated heterocycles. The number of carbonyl (C=O) groups is 1. The molecule has 1 rings (SSSR count). The molecule has 166 valence electrons. The van der Waals surface area contributed by atoms with E-state index in [-0.39, 0.29) is 0 Å². The van der Waals surface area contributed by atoms with Crippen molar-refractivity contribution in [3.63, 3.8) is 0 Å². The molecule has 0 fully saturated rings. The molecule has 0 heterocycles. The van der Waals surface area contributed by atoms with E-state index in [1.54, 1.807) is 0 Å². The molecule has 1 unspecified atom stereocenters. The minimum absolute atomic E-state index is 0.397. The average molecular weight is 419 g/mol. The number of rotatable bonds is 14. The molecular formula is C23H34F4O2. The summed E-state index contributed by atoms with van der Waals surface area (Å²) >= 11 is 0. The van der Waals surface area contributed by atoms with E-state index in [0.717, 1.165) is 37.8 Å². The third kappa shape index (κ3) is 9.64. The normalized spacial score (nSPS) is 12.8. The van der Waals surface area contributed by atoms with Gasteiger partial charge in [0.25, 0.3) is 0 Å². The van der Waals surface area contributed by atoms with Crippen LogP contribution in [-0.4, -0.2) is 12.1 Å². The first-order chi connectivity index (χ1) is 13.8. The highest BCUT2D eigenvalue weighted by atomic mass is 19.4. The van der Waals surface area contributed by atoms with Crippen molar-refractivity contribution in [2.24, 2.45) is 0 Å². The minimum Gasteiger partial charge on any atom is -0.459 e. The topological polar surface area (TPSA) is 26.3 Å². The number of halogens is 4. The van der Waals surface area contributed by atoms with E-state index in [1.165, 1.54) is 38.5 Å². The molecule has 0 aliphatic heterocycles. The zero-order valence-corrected chi connectivity index (χ0v) is 17.6. The molecule has 2 nitrogen and oxygen atoms in total. The summed E-state index contributed by atoms with van der Waals surface area (Å²) in [4.78, 5) is 12.3. The second kappa shape index (κ2) is 13.6. The predicted octanol–water partition coefficient (Wildman–Crippen LogP) is 8.09. The minimum atomic E-state index is -4.85. The predicted molar refractivity (Wildman–Crippen MR) is 107 cm³/mol. The molecule has 0 amide bonds. The molecule has 0 saturated carbocycles. The van der Waals surface area contributed by atoms with E-state index in [4.69, 9.17) is 4.74 Å². The SMILES string of the molecule is CCCCCCCCCCCC(CCC)OC(=O)c1cccc(C(F)(F)F)c1F. The number of ether oxygens (including phenoxy) is 1. The van der Waals surface area contributed by atoms with E-state index in [2.05, 4.69) is 6.92 Å². The van der Waals surface area contributed by atoms with Crippen LogP contribution in [0.2, 0.25) is 0 Å². The van der Waals surface area contributed by atoms with Crippen molar-refractivity contribution in [3.8, 4) is 0 Å². The fourth-order valence-electron chi connectivity index (χ4n) is 3.39. The van der Waals surface area contributed by atoms with E-state index >= 15 is 0 Å². The lowest BCUT2D eigenvalue weighted by Crippen LogP contribution is -2.20. The second-order valence-electron chi connectivity index (χ2n) is 7.60. The van der Waals surface area contributed by atoms with Gasteiger partial charge in [-0.15, -0.1) is 0 Å². The van der Waals surface area contributed by atoms with Crippen LogP contribution in [0.25, 0.3) is 0 Å². The molecule has 1 atom stereocenters. The van der Waals surface area contributed by atoms with Gasteiger partial charge in [0.15, 0.2) is 0 Å². The first-order valence-electron chi connectivity index (χ1n) is 10.9. The Morgan fingerprint density at radius 2 is 1.48 bits per heavy atom. The Labute approximate surface area is 172 Å². The number of benzene rings is 1. The van der Waals surface area contributed by atoms with Crippen LogP contribution in [-0.2, 0) is 10.9 Å². The van der Waals surface area contributed by atoms with Gasteiger partial charge in [-0.1, -0.05) is 77.7 Å². The Bertz CT molecular complexity index is 599. The van der Waals surface area contributed by atoms with Crippen LogP contribution in [0.1, 0.15) is 107 Å². The van der Waals surface area contributed by atoms with Crippen molar-refractivity contribution in [1.29, 1.82) is 0 Å². The van der Waals surface area contributed by atoms with Crippen LogP contribution in [0, 0.1) is 5.82 Å². The standard InChI is InChI=1S/C23H34F4O2/c1-3-5-6-7-8-9-10-11-12-15-18(14-4-2)29-22(28)19-16-13-17-20(21(19)24)23(25,26)27/h13,16-18H,3-12,14-15H2,1-2H3. The fourth-order valence-corrected chi connectivity index (χ4v) is 3.39. The molecule has 0 bridgehead atoms. The van der Waals surface area contributed by atoms with E-state index in [9.17, 15) is 22.4 Å². The van der Waals surface area contributed by atoms with Crippen molar-refractivity contribution >= 4 is 5.97 Å². The first-order valence-corrected chi connectivity index (χ1v) is 10.9. The largest absolute Gasteiger partial charge is 0.459 e. The first kappa shape index (κ1) is 25.4. The summed E-state index contributed by atoms with van der Waals surface area (Å²) in [5.74, 6) is -2.59. The number of alkyl halides is 3. The van der Waals surface area contributed by atoms with Gasteiger partial charge in [0.1, 0.15) is 11.9 Å². The van der Waals surface area contributed by atoms with Gasteiger partial charge in [0.2, 0.25) is 0 Å². The van der Waals surface area contributed by atoms with Gasteiger partial charge >= 0.3 is 12.1 Å². The molecule has 0 aromatic heterocycles. The molecule has 6 heteroatoms. The number of esters is 1. The van der Waals surface area contributed by atoms with Gasteiger partial charge < -0.3 is 4.74 Å². The van der Waals surface area contributed by atoms with Gasteiger partial charge in [0.05, 0.1) is 11.1 Å². The monoisotopic (exact) mass is 418 g/mol. The summed E-state index contributed by atoms with van der Waals surface area (Å²) in [5, 5.41) is 0. The van der Waals surface area contributed by atoms with E-state index < -0.39 is 35.2 Å². The molecule has 0 spiro atoms. The summed E-state index contributed by atoms with van der Waals surface area (Å²) in [6, 6.07) is 2.68. The summed E-state index contributed by atoms with van der Waals surface area (Å²) in [5.41, 5.74) is -2.11. The average Bonchev–Trinajstić information content (AvgIpc) is 2.66. The number of unbranched alkanes of at least 4 members (excludes halogenated alkanes) is 8. The fraction of sp³-hybridized carbons (Fsp3) is 0.696. The summed E-state index contributed by atoms with van der Waals surface area (Å²) in [6.45, 7) is 4.14. The molecule has 1 aromatic rings. The van der Waals surface area contributed by atoms with Crippen molar-refractivity contribution in [2.45, 2.75) is 103 Å². The Morgan fingerprint density at radius 1 is 0.897 bits per heavy atom. The maximum atomic E-state index is 14.1. The Hall–Kier alpha value is -1.59. The van der Waals surface area contributed by atoms with Crippen LogP contribution in [0.3, 0.4) is 0 Å². The number of hydrogen-bond acceptors (Lipinski definition) is 2. The van der Waals surface area contributed by atoms with Crippen LogP contribution < -0.4 is 0 Å². The van der Waals surface area contributed by atoms with Gasteiger partial charge in [-0.05, 0) is 31.4 Å². The van der Waals surface area contributed by atoms with Crippen molar-refractivity contribution in [2.75, 3.05) is 0 Å². The molecular weight excluding hydrogens is 384 g/mol. The zero-order chi connectivity index (χ0) is 21.7. The third-order valence-electron chi connectivity index (χ3n) is 5.04. The van der Waals surface area contributed by atoms with E-state index in [0.29, 0.717) is 18.9 Å². The second-order valence-corrected chi connectivity index (χ2v) is 7.60. The summed E-state index contributed by atoms with van der Waals surface area (Å²) in [6.07, 6.45) is 7.36.